The van der Waals surface area contributed by atoms with Crippen molar-refractivity contribution in [2.75, 3.05) is 0 Å². The number of para-hydroxylation sites is 1. The summed E-state index contributed by atoms with van der Waals surface area (Å²) >= 11 is 1.40. The van der Waals surface area contributed by atoms with Crippen molar-refractivity contribution in [3.8, 4) is 0 Å². The Morgan fingerprint density at radius 2 is 2.05 bits per heavy atom. The molecule has 3 amide bonds. The highest BCUT2D eigenvalue weighted by Gasteiger charge is 2.25. The van der Waals surface area contributed by atoms with Gasteiger partial charge in [0.2, 0.25) is 5.91 Å². The average Bonchev–Trinajstić information content (AvgIpc) is 3.31. The van der Waals surface area contributed by atoms with Crippen LogP contribution in [0.25, 0.3) is 10.9 Å². The lowest BCUT2D eigenvalue weighted by atomic mass is 10.2. The van der Waals surface area contributed by atoms with Crippen molar-refractivity contribution in [1.82, 2.24) is 15.6 Å². The van der Waals surface area contributed by atoms with Crippen molar-refractivity contribution >= 4 is 34.6 Å². The zero-order chi connectivity index (χ0) is 15.5. The molecule has 114 valence electrons. The highest BCUT2D eigenvalue weighted by Crippen LogP contribution is 2.29. The van der Waals surface area contributed by atoms with E-state index in [9.17, 15) is 9.59 Å². The van der Waals surface area contributed by atoms with Crippen LogP contribution < -0.4 is 10.6 Å². The number of aromatic nitrogens is 1. The van der Waals surface area contributed by atoms with Gasteiger partial charge >= 0.3 is 6.03 Å². The largest absolute Gasteiger partial charge is 0.335 e. The number of pyridine rings is 1. The Morgan fingerprint density at radius 3 is 2.82 bits per heavy atom. The standard InChI is InChI=1S/C16H17N3O2S/c1-10(15(20)19-16(21)18-12-7-8-12)22-13-6-2-4-11-5-3-9-17-14(11)13/h2-6,9-10,12H,7-8H2,1H3,(H2,18,19,20,21). The van der Waals surface area contributed by atoms with Gasteiger partial charge in [-0.2, -0.15) is 0 Å². The Morgan fingerprint density at radius 1 is 1.27 bits per heavy atom. The molecule has 1 atom stereocenters. The molecule has 0 saturated heterocycles. The van der Waals surface area contributed by atoms with Gasteiger partial charge in [-0.05, 0) is 31.9 Å². The number of hydrogen-bond donors (Lipinski definition) is 2. The summed E-state index contributed by atoms with van der Waals surface area (Å²) in [4.78, 5) is 29.0. The average molecular weight is 315 g/mol. The van der Waals surface area contributed by atoms with Crippen molar-refractivity contribution in [2.45, 2.75) is 36.0 Å². The van der Waals surface area contributed by atoms with Gasteiger partial charge in [-0.15, -0.1) is 11.8 Å². The molecule has 0 radical (unpaired) electrons. The normalized spacial score (nSPS) is 15.3. The Kier molecular flexibility index (Phi) is 4.29. The Bertz CT molecular complexity index is 710. The number of fused-ring (bicyclic) bond motifs is 1. The first kappa shape index (κ1) is 14.8. The predicted octanol–water partition coefficient (Wildman–Crippen LogP) is 2.70. The van der Waals surface area contributed by atoms with Crippen LogP contribution >= 0.6 is 11.8 Å². The molecule has 1 heterocycles. The molecule has 0 spiro atoms. The number of thioether (sulfide) groups is 1. The molecule has 5 nitrogen and oxygen atoms in total. The maximum Gasteiger partial charge on any atom is 0.321 e. The predicted molar refractivity (Wildman–Crippen MR) is 86.8 cm³/mol. The first-order valence-electron chi connectivity index (χ1n) is 7.25. The van der Waals surface area contributed by atoms with Crippen LogP contribution in [-0.4, -0.2) is 28.2 Å². The summed E-state index contributed by atoms with van der Waals surface area (Å²) in [7, 11) is 0. The molecule has 2 aromatic rings. The number of nitrogens with one attached hydrogen (secondary N) is 2. The van der Waals surface area contributed by atoms with Gasteiger partial charge in [0.15, 0.2) is 0 Å². The van der Waals surface area contributed by atoms with E-state index < -0.39 is 6.03 Å². The van der Waals surface area contributed by atoms with Gasteiger partial charge in [-0.25, -0.2) is 4.79 Å². The summed E-state index contributed by atoms with van der Waals surface area (Å²) in [5.74, 6) is -0.295. The van der Waals surface area contributed by atoms with Gasteiger partial charge < -0.3 is 5.32 Å². The number of hydrogen-bond acceptors (Lipinski definition) is 4. The molecular weight excluding hydrogens is 298 g/mol. The molecule has 2 N–H and O–H groups in total. The molecule has 1 aliphatic rings. The van der Waals surface area contributed by atoms with E-state index in [0.29, 0.717) is 0 Å². The van der Waals surface area contributed by atoms with E-state index in [0.717, 1.165) is 28.6 Å². The first-order valence-corrected chi connectivity index (χ1v) is 8.13. The SMILES string of the molecule is CC(Sc1cccc2cccnc12)C(=O)NC(=O)NC1CC1. The van der Waals surface area contributed by atoms with Crippen molar-refractivity contribution < 1.29 is 9.59 Å². The highest BCUT2D eigenvalue weighted by atomic mass is 32.2. The summed E-state index contributed by atoms with van der Waals surface area (Å²) in [6.45, 7) is 1.78. The summed E-state index contributed by atoms with van der Waals surface area (Å²) in [5.41, 5.74) is 0.872. The lowest BCUT2D eigenvalue weighted by molar-refractivity contribution is -0.119. The van der Waals surface area contributed by atoms with E-state index in [1.807, 2.05) is 30.3 Å². The van der Waals surface area contributed by atoms with Gasteiger partial charge in [-0.1, -0.05) is 18.2 Å². The third-order valence-corrected chi connectivity index (χ3v) is 4.57. The van der Waals surface area contributed by atoms with Crippen LogP contribution in [0.3, 0.4) is 0 Å². The first-order chi connectivity index (χ1) is 10.6. The Balaban J connectivity index is 1.65. The Hall–Kier alpha value is -2.08. The van der Waals surface area contributed by atoms with E-state index in [4.69, 9.17) is 0 Å². The topological polar surface area (TPSA) is 71.1 Å². The molecule has 3 rings (SSSR count). The second-order valence-electron chi connectivity index (χ2n) is 5.33. The number of carbonyl (C=O) groups excluding carboxylic acids is 2. The minimum absolute atomic E-state index is 0.234. The van der Waals surface area contributed by atoms with Crippen LogP contribution in [0, 0.1) is 0 Å². The number of benzene rings is 1. The van der Waals surface area contributed by atoms with Crippen LogP contribution in [0.4, 0.5) is 4.79 Å². The van der Waals surface area contributed by atoms with Crippen LogP contribution in [0.5, 0.6) is 0 Å². The fourth-order valence-electron chi connectivity index (χ4n) is 2.08. The molecule has 22 heavy (non-hydrogen) atoms. The van der Waals surface area contributed by atoms with Gasteiger partial charge in [0.1, 0.15) is 0 Å². The van der Waals surface area contributed by atoms with Crippen LogP contribution in [-0.2, 0) is 4.79 Å². The summed E-state index contributed by atoms with van der Waals surface area (Å²) in [6, 6.07) is 9.56. The lowest BCUT2D eigenvalue weighted by Crippen LogP contribution is -2.43. The lowest BCUT2D eigenvalue weighted by Gasteiger charge is -2.12. The molecule has 0 bridgehead atoms. The van der Waals surface area contributed by atoms with E-state index in [-0.39, 0.29) is 17.2 Å². The highest BCUT2D eigenvalue weighted by molar-refractivity contribution is 8.00. The van der Waals surface area contributed by atoms with Crippen molar-refractivity contribution in [3.63, 3.8) is 0 Å². The van der Waals surface area contributed by atoms with Crippen LogP contribution in [0.1, 0.15) is 19.8 Å². The van der Waals surface area contributed by atoms with Gasteiger partial charge in [-0.3, -0.25) is 15.1 Å². The minimum Gasteiger partial charge on any atom is -0.335 e. The molecule has 1 saturated carbocycles. The van der Waals surface area contributed by atoms with Gasteiger partial charge in [0.05, 0.1) is 10.8 Å². The molecule has 1 fully saturated rings. The van der Waals surface area contributed by atoms with E-state index in [1.165, 1.54) is 11.8 Å². The fraction of sp³-hybridized carbons (Fsp3) is 0.312. The molecular formula is C16H17N3O2S. The van der Waals surface area contributed by atoms with Crippen molar-refractivity contribution in [3.05, 3.63) is 36.5 Å². The molecule has 1 aromatic heterocycles. The summed E-state index contributed by atoms with van der Waals surface area (Å²) in [6.07, 6.45) is 3.72. The third-order valence-electron chi connectivity index (χ3n) is 3.42. The van der Waals surface area contributed by atoms with Crippen LogP contribution in [0.15, 0.2) is 41.4 Å². The van der Waals surface area contributed by atoms with Crippen LogP contribution in [0.2, 0.25) is 0 Å². The van der Waals surface area contributed by atoms with Gasteiger partial charge in [0, 0.05) is 22.5 Å². The molecule has 1 aliphatic carbocycles. The van der Waals surface area contributed by atoms with E-state index in [1.54, 1.807) is 13.1 Å². The maximum atomic E-state index is 12.1. The second-order valence-corrected chi connectivity index (χ2v) is 6.71. The zero-order valence-electron chi connectivity index (χ0n) is 12.2. The fourth-order valence-corrected chi connectivity index (χ4v) is 3.06. The smallest absolute Gasteiger partial charge is 0.321 e. The summed E-state index contributed by atoms with van der Waals surface area (Å²) in [5, 5.41) is 5.79. The number of amides is 3. The number of urea groups is 1. The monoisotopic (exact) mass is 315 g/mol. The number of rotatable bonds is 4. The number of carbonyl (C=O) groups is 2. The van der Waals surface area contributed by atoms with Crippen molar-refractivity contribution in [1.29, 1.82) is 0 Å². The van der Waals surface area contributed by atoms with Crippen molar-refractivity contribution in [2.24, 2.45) is 0 Å². The summed E-state index contributed by atoms with van der Waals surface area (Å²) < 4.78 is 0. The maximum absolute atomic E-state index is 12.1. The van der Waals surface area contributed by atoms with Gasteiger partial charge in [0.25, 0.3) is 0 Å². The zero-order valence-corrected chi connectivity index (χ0v) is 13.0. The number of nitrogens with zero attached hydrogens (tertiary/aromatic N) is 1. The number of imide groups is 1. The third kappa shape index (κ3) is 3.57. The molecule has 1 aromatic carbocycles. The second kappa shape index (κ2) is 6.36. The Labute approximate surface area is 132 Å². The molecule has 6 heteroatoms. The van der Waals surface area contributed by atoms with E-state index in [2.05, 4.69) is 15.6 Å². The molecule has 1 unspecified atom stereocenters. The van der Waals surface area contributed by atoms with E-state index >= 15 is 0 Å². The minimum atomic E-state index is -0.406. The quantitative estimate of drug-likeness (QED) is 0.851. The molecule has 0 aliphatic heterocycles.